The van der Waals surface area contributed by atoms with E-state index in [1.54, 1.807) is 6.26 Å². The molecule has 0 amide bonds. The van der Waals surface area contributed by atoms with E-state index in [-0.39, 0.29) is 0 Å². The van der Waals surface area contributed by atoms with Crippen LogP contribution in [0.25, 0.3) is 0 Å². The molecule has 3 nitrogen and oxygen atoms in total. The Labute approximate surface area is 116 Å². The highest BCUT2D eigenvalue weighted by atomic mass is 16.3. The third kappa shape index (κ3) is 3.83. The zero-order valence-corrected chi connectivity index (χ0v) is 12.0. The molecule has 2 saturated carbocycles. The Bertz CT molecular complexity index is 356. The van der Waals surface area contributed by atoms with E-state index in [1.807, 2.05) is 6.07 Å². The summed E-state index contributed by atoms with van der Waals surface area (Å²) in [6.07, 6.45) is 7.59. The molecule has 3 heteroatoms. The van der Waals surface area contributed by atoms with Crippen molar-refractivity contribution in [2.24, 2.45) is 11.8 Å². The molecule has 0 aromatic carbocycles. The second-order valence-corrected chi connectivity index (χ2v) is 6.10. The molecule has 0 saturated heterocycles. The van der Waals surface area contributed by atoms with Gasteiger partial charge in [0.15, 0.2) is 0 Å². The Morgan fingerprint density at radius 1 is 1.32 bits per heavy atom. The molecule has 1 aromatic rings. The fourth-order valence-corrected chi connectivity index (χ4v) is 2.99. The summed E-state index contributed by atoms with van der Waals surface area (Å²) in [5, 5.41) is 3.82. The van der Waals surface area contributed by atoms with E-state index < -0.39 is 0 Å². The SMILES string of the molecule is CCN(CCNC(C1CC1)C1CC1)Cc1ccco1. The zero-order valence-electron chi connectivity index (χ0n) is 12.0. The van der Waals surface area contributed by atoms with E-state index in [0.717, 1.165) is 49.8 Å². The topological polar surface area (TPSA) is 28.4 Å². The standard InChI is InChI=1S/C16H26N2O/c1-2-18(12-15-4-3-11-19-15)10-9-17-16(13-5-6-13)14-7-8-14/h3-4,11,13-14,16-17H,2,5-10,12H2,1H3. The Hall–Kier alpha value is -0.800. The minimum atomic E-state index is 0.822. The van der Waals surface area contributed by atoms with E-state index in [4.69, 9.17) is 4.42 Å². The summed E-state index contributed by atoms with van der Waals surface area (Å²) in [7, 11) is 0. The van der Waals surface area contributed by atoms with E-state index in [0.29, 0.717) is 0 Å². The summed E-state index contributed by atoms with van der Waals surface area (Å²) >= 11 is 0. The Kier molecular flexibility index (Phi) is 4.24. The molecule has 0 aliphatic heterocycles. The minimum absolute atomic E-state index is 0.822. The lowest BCUT2D eigenvalue weighted by atomic mass is 10.1. The second-order valence-electron chi connectivity index (χ2n) is 6.10. The Morgan fingerprint density at radius 2 is 2.05 bits per heavy atom. The summed E-state index contributed by atoms with van der Waals surface area (Å²) in [5.41, 5.74) is 0. The van der Waals surface area contributed by atoms with Crippen molar-refractivity contribution in [1.82, 2.24) is 10.2 Å². The van der Waals surface area contributed by atoms with Crippen LogP contribution in [-0.2, 0) is 6.54 Å². The molecule has 1 N–H and O–H groups in total. The van der Waals surface area contributed by atoms with Crippen molar-refractivity contribution in [1.29, 1.82) is 0 Å². The number of nitrogens with one attached hydrogen (secondary N) is 1. The fraction of sp³-hybridized carbons (Fsp3) is 0.750. The van der Waals surface area contributed by atoms with Crippen molar-refractivity contribution in [3.63, 3.8) is 0 Å². The first-order chi connectivity index (χ1) is 9.36. The summed E-state index contributed by atoms with van der Waals surface area (Å²) in [6.45, 7) is 6.48. The third-order valence-electron chi connectivity index (χ3n) is 4.47. The molecule has 0 bridgehead atoms. The highest BCUT2D eigenvalue weighted by molar-refractivity contribution is 4.98. The molecule has 0 unspecified atom stereocenters. The quantitative estimate of drug-likeness (QED) is 0.742. The first kappa shape index (κ1) is 13.2. The van der Waals surface area contributed by atoms with Crippen LogP contribution in [0.1, 0.15) is 38.4 Å². The van der Waals surface area contributed by atoms with Gasteiger partial charge in [0, 0.05) is 19.1 Å². The molecular weight excluding hydrogens is 236 g/mol. The number of rotatable bonds is 9. The van der Waals surface area contributed by atoms with Crippen molar-refractivity contribution in [3.8, 4) is 0 Å². The van der Waals surface area contributed by atoms with Crippen molar-refractivity contribution in [3.05, 3.63) is 24.2 Å². The third-order valence-corrected chi connectivity index (χ3v) is 4.47. The fourth-order valence-electron chi connectivity index (χ4n) is 2.99. The summed E-state index contributed by atoms with van der Waals surface area (Å²) in [5.74, 6) is 3.06. The van der Waals surface area contributed by atoms with Gasteiger partial charge in [-0.3, -0.25) is 4.90 Å². The van der Waals surface area contributed by atoms with Crippen LogP contribution in [0.15, 0.2) is 22.8 Å². The van der Waals surface area contributed by atoms with Gasteiger partial charge >= 0.3 is 0 Å². The molecule has 3 rings (SSSR count). The zero-order chi connectivity index (χ0) is 13.1. The van der Waals surface area contributed by atoms with Crippen LogP contribution in [0.3, 0.4) is 0 Å². The van der Waals surface area contributed by atoms with Gasteiger partial charge in [0.2, 0.25) is 0 Å². The van der Waals surface area contributed by atoms with E-state index in [2.05, 4.69) is 23.2 Å². The van der Waals surface area contributed by atoms with E-state index in [9.17, 15) is 0 Å². The van der Waals surface area contributed by atoms with E-state index >= 15 is 0 Å². The summed E-state index contributed by atoms with van der Waals surface area (Å²) < 4.78 is 5.43. The van der Waals surface area contributed by atoms with Gasteiger partial charge in [0.25, 0.3) is 0 Å². The van der Waals surface area contributed by atoms with Gasteiger partial charge in [0.05, 0.1) is 12.8 Å². The lowest BCUT2D eigenvalue weighted by molar-refractivity contribution is 0.247. The monoisotopic (exact) mass is 262 g/mol. The van der Waals surface area contributed by atoms with Crippen molar-refractivity contribution in [2.75, 3.05) is 19.6 Å². The van der Waals surface area contributed by atoms with Gasteiger partial charge in [-0.05, 0) is 56.2 Å². The maximum Gasteiger partial charge on any atom is 0.117 e. The largest absolute Gasteiger partial charge is 0.468 e. The van der Waals surface area contributed by atoms with E-state index in [1.165, 1.54) is 25.7 Å². The Balaban J connectivity index is 1.39. The summed E-state index contributed by atoms with van der Waals surface area (Å²) in [6, 6.07) is 4.85. The molecule has 2 aliphatic rings. The lowest BCUT2D eigenvalue weighted by Crippen LogP contribution is -2.39. The molecule has 1 aromatic heterocycles. The molecule has 0 radical (unpaired) electrons. The number of nitrogens with zero attached hydrogens (tertiary/aromatic N) is 1. The van der Waals surface area contributed by atoms with Crippen molar-refractivity contribution < 1.29 is 4.42 Å². The molecule has 2 aliphatic carbocycles. The maximum atomic E-state index is 5.43. The first-order valence-electron chi connectivity index (χ1n) is 7.85. The van der Waals surface area contributed by atoms with Gasteiger partial charge in [-0.1, -0.05) is 6.92 Å². The van der Waals surface area contributed by atoms with Gasteiger partial charge in [-0.15, -0.1) is 0 Å². The number of likely N-dealkylation sites (N-methyl/N-ethyl adjacent to an activating group) is 1. The minimum Gasteiger partial charge on any atom is -0.468 e. The smallest absolute Gasteiger partial charge is 0.117 e. The first-order valence-corrected chi connectivity index (χ1v) is 7.85. The van der Waals surface area contributed by atoms with Crippen LogP contribution < -0.4 is 5.32 Å². The van der Waals surface area contributed by atoms with Crippen LogP contribution in [0.5, 0.6) is 0 Å². The lowest BCUT2D eigenvalue weighted by Gasteiger charge is -2.22. The van der Waals surface area contributed by atoms with Gasteiger partial charge in [0.1, 0.15) is 5.76 Å². The number of hydrogen-bond donors (Lipinski definition) is 1. The molecule has 106 valence electrons. The van der Waals surface area contributed by atoms with Crippen molar-refractivity contribution >= 4 is 0 Å². The molecule has 0 spiro atoms. The molecule has 1 heterocycles. The van der Waals surface area contributed by atoms with Crippen LogP contribution in [0, 0.1) is 11.8 Å². The summed E-state index contributed by atoms with van der Waals surface area (Å²) in [4.78, 5) is 2.45. The number of hydrogen-bond acceptors (Lipinski definition) is 3. The van der Waals surface area contributed by atoms with Crippen LogP contribution in [0.4, 0.5) is 0 Å². The highest BCUT2D eigenvalue weighted by Crippen LogP contribution is 2.44. The van der Waals surface area contributed by atoms with Crippen molar-refractivity contribution in [2.45, 2.75) is 45.2 Å². The van der Waals surface area contributed by atoms with Gasteiger partial charge in [-0.2, -0.15) is 0 Å². The predicted molar refractivity (Wildman–Crippen MR) is 76.9 cm³/mol. The second kappa shape index (κ2) is 6.10. The molecule has 2 fully saturated rings. The number of furan rings is 1. The highest BCUT2D eigenvalue weighted by Gasteiger charge is 2.40. The predicted octanol–water partition coefficient (Wildman–Crippen LogP) is 2.88. The normalized spacial score (nSPS) is 19.5. The van der Waals surface area contributed by atoms with Gasteiger partial charge < -0.3 is 9.73 Å². The van der Waals surface area contributed by atoms with Gasteiger partial charge in [-0.25, -0.2) is 0 Å². The Morgan fingerprint density at radius 3 is 2.58 bits per heavy atom. The maximum absolute atomic E-state index is 5.43. The van der Waals surface area contributed by atoms with Crippen LogP contribution >= 0.6 is 0 Å². The molecule has 0 atom stereocenters. The molecule has 19 heavy (non-hydrogen) atoms. The van der Waals surface area contributed by atoms with Crippen LogP contribution in [-0.4, -0.2) is 30.6 Å². The average molecular weight is 262 g/mol. The average Bonchev–Trinajstić information content (AvgIpc) is 3.34. The van der Waals surface area contributed by atoms with Crippen LogP contribution in [0.2, 0.25) is 0 Å². The molecular formula is C16H26N2O.